The highest BCUT2D eigenvalue weighted by atomic mass is 15.2. The summed E-state index contributed by atoms with van der Waals surface area (Å²) < 4.78 is 2.09. The van der Waals surface area contributed by atoms with Gasteiger partial charge in [0.1, 0.15) is 0 Å². The number of nitrogens with zero attached hydrogens (tertiary/aromatic N) is 3. The number of likely N-dealkylation sites (tertiary alicyclic amines) is 1. The Bertz CT molecular complexity index is 347. The average Bonchev–Trinajstić information content (AvgIpc) is 2.92. The van der Waals surface area contributed by atoms with Crippen molar-refractivity contribution in [3.8, 4) is 0 Å². The summed E-state index contributed by atoms with van der Waals surface area (Å²) in [6, 6.07) is 0.337. The second-order valence-corrected chi connectivity index (χ2v) is 5.12. The lowest BCUT2D eigenvalue weighted by Crippen LogP contribution is -2.33. The molecule has 17 heavy (non-hydrogen) atoms. The second-order valence-electron chi connectivity index (χ2n) is 5.12. The first-order chi connectivity index (χ1) is 8.26. The van der Waals surface area contributed by atoms with Gasteiger partial charge in [0.2, 0.25) is 0 Å². The van der Waals surface area contributed by atoms with Gasteiger partial charge in [-0.25, -0.2) is 4.98 Å². The monoisotopic (exact) mass is 236 g/mol. The van der Waals surface area contributed by atoms with Crippen LogP contribution in [-0.4, -0.2) is 34.1 Å². The minimum absolute atomic E-state index is 0.337. The standard InChI is InChI=1S/C13H24N4/c1-3-4-11-5-6-17(9-11)12(7-14)13-8-15-10-16(13)2/h8,10-12H,3-7,9,14H2,1-2H3. The van der Waals surface area contributed by atoms with Gasteiger partial charge in [-0.3, -0.25) is 4.90 Å². The summed E-state index contributed by atoms with van der Waals surface area (Å²) in [5.74, 6) is 0.863. The zero-order chi connectivity index (χ0) is 12.3. The molecule has 2 rings (SSSR count). The van der Waals surface area contributed by atoms with Crippen molar-refractivity contribution in [1.29, 1.82) is 0 Å². The number of hydrogen-bond donors (Lipinski definition) is 1. The van der Waals surface area contributed by atoms with E-state index >= 15 is 0 Å². The average molecular weight is 236 g/mol. The zero-order valence-electron chi connectivity index (χ0n) is 11.0. The molecule has 0 aliphatic carbocycles. The molecule has 0 amide bonds. The van der Waals surface area contributed by atoms with Crippen molar-refractivity contribution < 1.29 is 0 Å². The molecule has 1 saturated heterocycles. The number of aromatic nitrogens is 2. The van der Waals surface area contributed by atoms with E-state index in [-0.39, 0.29) is 0 Å². The van der Waals surface area contributed by atoms with Crippen molar-refractivity contribution in [2.45, 2.75) is 32.2 Å². The Morgan fingerprint density at radius 1 is 1.59 bits per heavy atom. The van der Waals surface area contributed by atoms with Crippen molar-refractivity contribution in [2.75, 3.05) is 19.6 Å². The number of nitrogens with two attached hydrogens (primary N) is 1. The maximum atomic E-state index is 5.95. The Morgan fingerprint density at radius 3 is 3.00 bits per heavy atom. The molecule has 4 heteroatoms. The van der Waals surface area contributed by atoms with Crippen LogP contribution in [-0.2, 0) is 7.05 Å². The highest BCUT2D eigenvalue weighted by Crippen LogP contribution is 2.28. The van der Waals surface area contributed by atoms with Crippen molar-refractivity contribution >= 4 is 0 Å². The molecule has 1 aliphatic rings. The van der Waals surface area contributed by atoms with E-state index in [1.807, 2.05) is 19.6 Å². The lowest BCUT2D eigenvalue weighted by atomic mass is 10.0. The molecule has 0 radical (unpaired) electrons. The third-order valence-corrected chi connectivity index (χ3v) is 3.87. The van der Waals surface area contributed by atoms with Gasteiger partial charge in [0.15, 0.2) is 0 Å². The Kier molecular flexibility index (Phi) is 4.18. The fourth-order valence-corrected chi connectivity index (χ4v) is 2.93. The summed E-state index contributed by atoms with van der Waals surface area (Å²) >= 11 is 0. The first-order valence-electron chi connectivity index (χ1n) is 6.66. The van der Waals surface area contributed by atoms with Crippen LogP contribution in [0.4, 0.5) is 0 Å². The van der Waals surface area contributed by atoms with Gasteiger partial charge in [-0.2, -0.15) is 0 Å². The number of rotatable bonds is 5. The minimum atomic E-state index is 0.337. The smallest absolute Gasteiger partial charge is 0.0946 e. The van der Waals surface area contributed by atoms with Crippen LogP contribution >= 0.6 is 0 Å². The SMILES string of the molecule is CCCC1CCN(C(CN)c2cncn2C)C1. The van der Waals surface area contributed by atoms with E-state index in [4.69, 9.17) is 5.73 Å². The Hall–Kier alpha value is -0.870. The Morgan fingerprint density at radius 2 is 2.41 bits per heavy atom. The maximum Gasteiger partial charge on any atom is 0.0946 e. The minimum Gasteiger partial charge on any atom is -0.336 e. The van der Waals surface area contributed by atoms with Gasteiger partial charge < -0.3 is 10.3 Å². The van der Waals surface area contributed by atoms with Gasteiger partial charge in [-0.15, -0.1) is 0 Å². The highest BCUT2D eigenvalue weighted by Gasteiger charge is 2.29. The summed E-state index contributed by atoms with van der Waals surface area (Å²) in [6.45, 7) is 5.32. The van der Waals surface area contributed by atoms with Crippen molar-refractivity contribution in [2.24, 2.45) is 18.7 Å². The molecule has 2 atom stereocenters. The van der Waals surface area contributed by atoms with Gasteiger partial charge in [0.25, 0.3) is 0 Å². The van der Waals surface area contributed by atoms with Crippen LogP contribution in [0.5, 0.6) is 0 Å². The summed E-state index contributed by atoms with van der Waals surface area (Å²) in [6.07, 6.45) is 7.77. The third-order valence-electron chi connectivity index (χ3n) is 3.87. The Labute approximate surface area is 104 Å². The quantitative estimate of drug-likeness (QED) is 0.843. The van der Waals surface area contributed by atoms with Crippen LogP contribution in [0, 0.1) is 5.92 Å². The van der Waals surface area contributed by atoms with Crippen LogP contribution in [0.3, 0.4) is 0 Å². The predicted octanol–water partition coefficient (Wildman–Crippen LogP) is 1.54. The molecule has 0 saturated carbocycles. The molecule has 1 fully saturated rings. The summed E-state index contributed by atoms with van der Waals surface area (Å²) in [7, 11) is 2.05. The summed E-state index contributed by atoms with van der Waals surface area (Å²) in [4.78, 5) is 6.72. The molecular formula is C13H24N4. The van der Waals surface area contributed by atoms with Gasteiger partial charge in [0.05, 0.1) is 18.1 Å². The molecule has 1 aliphatic heterocycles. The Balaban J connectivity index is 2.03. The first kappa shape index (κ1) is 12.6. The number of aryl methyl sites for hydroxylation is 1. The van der Waals surface area contributed by atoms with Gasteiger partial charge in [-0.05, 0) is 25.3 Å². The third kappa shape index (κ3) is 2.69. The fourth-order valence-electron chi connectivity index (χ4n) is 2.93. The highest BCUT2D eigenvalue weighted by molar-refractivity contribution is 5.07. The molecule has 0 aromatic carbocycles. The predicted molar refractivity (Wildman–Crippen MR) is 69.6 cm³/mol. The van der Waals surface area contributed by atoms with Crippen LogP contribution in [0.25, 0.3) is 0 Å². The largest absolute Gasteiger partial charge is 0.336 e. The molecule has 2 unspecified atom stereocenters. The van der Waals surface area contributed by atoms with Gasteiger partial charge in [0, 0.05) is 26.3 Å². The van der Waals surface area contributed by atoms with Gasteiger partial charge >= 0.3 is 0 Å². The van der Waals surface area contributed by atoms with Gasteiger partial charge in [-0.1, -0.05) is 13.3 Å². The zero-order valence-corrected chi connectivity index (χ0v) is 11.0. The molecule has 1 aromatic rings. The van der Waals surface area contributed by atoms with Crippen LogP contribution < -0.4 is 5.73 Å². The lowest BCUT2D eigenvalue weighted by molar-refractivity contribution is 0.232. The second kappa shape index (κ2) is 5.65. The normalized spacial score (nSPS) is 23.1. The number of imidazole rings is 1. The van der Waals surface area contributed by atoms with E-state index in [0.29, 0.717) is 12.6 Å². The molecular weight excluding hydrogens is 212 g/mol. The van der Waals surface area contributed by atoms with Crippen molar-refractivity contribution in [3.05, 3.63) is 18.2 Å². The van der Waals surface area contributed by atoms with Crippen LogP contribution in [0.15, 0.2) is 12.5 Å². The molecule has 2 heterocycles. The molecule has 0 bridgehead atoms. The molecule has 2 N–H and O–H groups in total. The first-order valence-corrected chi connectivity index (χ1v) is 6.66. The molecule has 4 nitrogen and oxygen atoms in total. The van der Waals surface area contributed by atoms with Crippen molar-refractivity contribution in [1.82, 2.24) is 14.5 Å². The van der Waals surface area contributed by atoms with Crippen molar-refractivity contribution in [3.63, 3.8) is 0 Å². The maximum absolute atomic E-state index is 5.95. The topological polar surface area (TPSA) is 47.1 Å². The van der Waals surface area contributed by atoms with E-state index in [1.54, 1.807) is 0 Å². The van der Waals surface area contributed by atoms with E-state index in [0.717, 1.165) is 5.92 Å². The molecule has 96 valence electrons. The van der Waals surface area contributed by atoms with E-state index in [9.17, 15) is 0 Å². The summed E-state index contributed by atoms with van der Waals surface area (Å²) in [5, 5.41) is 0. The number of hydrogen-bond acceptors (Lipinski definition) is 3. The van der Waals surface area contributed by atoms with Crippen LogP contribution in [0.1, 0.15) is 37.9 Å². The summed E-state index contributed by atoms with van der Waals surface area (Å²) in [5.41, 5.74) is 7.19. The fraction of sp³-hybridized carbons (Fsp3) is 0.769. The van der Waals surface area contributed by atoms with E-state index < -0.39 is 0 Å². The van der Waals surface area contributed by atoms with E-state index in [1.165, 1.54) is 38.0 Å². The molecule has 0 spiro atoms. The van der Waals surface area contributed by atoms with E-state index in [2.05, 4.69) is 21.4 Å². The molecule has 1 aromatic heterocycles. The lowest BCUT2D eigenvalue weighted by Gasteiger charge is -2.26. The van der Waals surface area contributed by atoms with Crippen LogP contribution in [0.2, 0.25) is 0 Å².